The maximum absolute atomic E-state index is 12.4. The van der Waals surface area contributed by atoms with Gasteiger partial charge in [0.2, 0.25) is 5.91 Å². The van der Waals surface area contributed by atoms with E-state index < -0.39 is 0 Å². The normalized spacial score (nSPS) is 28.3. The van der Waals surface area contributed by atoms with E-state index in [4.69, 9.17) is 11.6 Å². The van der Waals surface area contributed by atoms with Crippen LogP contribution >= 0.6 is 11.6 Å². The van der Waals surface area contributed by atoms with Crippen LogP contribution in [0.25, 0.3) is 0 Å². The quantitative estimate of drug-likeness (QED) is 0.902. The van der Waals surface area contributed by atoms with Crippen molar-refractivity contribution in [1.29, 1.82) is 0 Å². The summed E-state index contributed by atoms with van der Waals surface area (Å²) in [5.74, 6) is 0.229. The van der Waals surface area contributed by atoms with Crippen LogP contribution in [0, 0.1) is 0 Å². The summed E-state index contributed by atoms with van der Waals surface area (Å²) < 4.78 is 0. The molecular weight excluding hydrogens is 260 g/mol. The van der Waals surface area contributed by atoms with Gasteiger partial charge in [0.1, 0.15) is 6.17 Å². The third kappa shape index (κ3) is 2.37. The average molecular weight is 279 g/mol. The van der Waals surface area contributed by atoms with Crippen LogP contribution in [0.3, 0.4) is 0 Å². The summed E-state index contributed by atoms with van der Waals surface area (Å²) in [5, 5.41) is 4.13. The van der Waals surface area contributed by atoms with Crippen molar-refractivity contribution in [1.82, 2.24) is 10.2 Å². The van der Waals surface area contributed by atoms with Crippen LogP contribution in [0.15, 0.2) is 24.3 Å². The lowest BCUT2D eigenvalue weighted by atomic mass is 10.1. The van der Waals surface area contributed by atoms with E-state index >= 15 is 0 Å². The van der Waals surface area contributed by atoms with Gasteiger partial charge in [0, 0.05) is 11.1 Å². The molecule has 1 saturated carbocycles. The molecular formula is C15H19ClN2O. The zero-order chi connectivity index (χ0) is 13.4. The molecule has 0 spiro atoms. The van der Waals surface area contributed by atoms with E-state index in [-0.39, 0.29) is 18.1 Å². The van der Waals surface area contributed by atoms with Crippen molar-refractivity contribution in [2.24, 2.45) is 0 Å². The van der Waals surface area contributed by atoms with Gasteiger partial charge in [-0.05, 0) is 37.5 Å². The lowest BCUT2D eigenvalue weighted by Crippen LogP contribution is -2.38. The topological polar surface area (TPSA) is 32.3 Å². The number of carbonyl (C=O) groups is 1. The Kier molecular flexibility index (Phi) is 3.50. The summed E-state index contributed by atoms with van der Waals surface area (Å²) in [6.07, 6.45) is 4.73. The lowest BCUT2D eigenvalue weighted by Gasteiger charge is -2.30. The van der Waals surface area contributed by atoms with Gasteiger partial charge >= 0.3 is 0 Å². The van der Waals surface area contributed by atoms with E-state index in [2.05, 4.69) is 10.2 Å². The van der Waals surface area contributed by atoms with Crippen LogP contribution in [0.1, 0.15) is 44.3 Å². The first-order valence-electron chi connectivity index (χ1n) is 7.00. The Balaban J connectivity index is 1.89. The van der Waals surface area contributed by atoms with Gasteiger partial charge in [-0.2, -0.15) is 0 Å². The molecule has 19 heavy (non-hydrogen) atoms. The molecule has 0 radical (unpaired) electrons. The molecule has 102 valence electrons. The third-order valence-electron chi connectivity index (χ3n) is 4.21. The average Bonchev–Trinajstić information content (AvgIpc) is 3.00. The summed E-state index contributed by atoms with van der Waals surface area (Å²) in [4.78, 5) is 14.4. The van der Waals surface area contributed by atoms with Crippen LogP contribution in [-0.2, 0) is 4.79 Å². The van der Waals surface area contributed by atoms with Crippen molar-refractivity contribution >= 4 is 17.5 Å². The van der Waals surface area contributed by atoms with E-state index in [0.717, 1.165) is 23.4 Å². The minimum absolute atomic E-state index is 0.00265. The molecule has 2 unspecified atom stereocenters. The number of rotatable bonds is 2. The van der Waals surface area contributed by atoms with Gasteiger partial charge in [-0.1, -0.05) is 36.6 Å². The lowest BCUT2D eigenvalue weighted by molar-refractivity contribution is -0.132. The fourth-order valence-electron chi connectivity index (χ4n) is 3.21. The Morgan fingerprint density at radius 2 is 1.84 bits per heavy atom. The molecule has 3 nitrogen and oxygen atoms in total. The SMILES string of the molecule is CC1NC(c2ccc(Cl)cc2)N(C2CCCC2)C1=O. The molecule has 2 atom stereocenters. The van der Waals surface area contributed by atoms with Crippen LogP contribution in [0.4, 0.5) is 0 Å². The van der Waals surface area contributed by atoms with Crippen molar-refractivity contribution < 1.29 is 4.79 Å². The number of amides is 1. The molecule has 1 aliphatic heterocycles. The highest BCUT2D eigenvalue weighted by Crippen LogP contribution is 2.34. The third-order valence-corrected chi connectivity index (χ3v) is 4.47. The van der Waals surface area contributed by atoms with E-state index in [1.54, 1.807) is 0 Å². The molecule has 1 aliphatic carbocycles. The molecule has 1 amide bonds. The van der Waals surface area contributed by atoms with E-state index in [1.165, 1.54) is 12.8 Å². The first-order valence-corrected chi connectivity index (χ1v) is 7.38. The first kappa shape index (κ1) is 12.9. The van der Waals surface area contributed by atoms with Gasteiger partial charge in [0.05, 0.1) is 6.04 Å². The smallest absolute Gasteiger partial charge is 0.241 e. The van der Waals surface area contributed by atoms with Crippen LogP contribution in [0.2, 0.25) is 5.02 Å². The second-order valence-electron chi connectivity index (χ2n) is 5.53. The largest absolute Gasteiger partial charge is 0.319 e. The van der Waals surface area contributed by atoms with Crippen LogP contribution in [-0.4, -0.2) is 22.9 Å². The van der Waals surface area contributed by atoms with Crippen molar-refractivity contribution in [2.75, 3.05) is 0 Å². The second kappa shape index (κ2) is 5.14. The number of carbonyl (C=O) groups excluding carboxylic acids is 1. The molecule has 1 heterocycles. The molecule has 0 bridgehead atoms. The van der Waals surface area contributed by atoms with E-state index in [0.29, 0.717) is 6.04 Å². The number of hydrogen-bond acceptors (Lipinski definition) is 2. The predicted octanol–water partition coefficient (Wildman–Crippen LogP) is 3.10. The number of halogens is 1. The van der Waals surface area contributed by atoms with Crippen molar-refractivity contribution in [3.63, 3.8) is 0 Å². The minimum Gasteiger partial charge on any atom is -0.319 e. The summed E-state index contributed by atoms with van der Waals surface area (Å²) >= 11 is 5.94. The highest BCUT2D eigenvalue weighted by atomic mass is 35.5. The number of hydrogen-bond donors (Lipinski definition) is 1. The fourth-order valence-corrected chi connectivity index (χ4v) is 3.34. The Labute approximate surface area is 118 Å². The van der Waals surface area contributed by atoms with Crippen LogP contribution in [0.5, 0.6) is 0 Å². The Morgan fingerprint density at radius 1 is 1.21 bits per heavy atom. The highest BCUT2D eigenvalue weighted by Gasteiger charge is 2.41. The molecule has 1 aromatic rings. The summed E-state index contributed by atoms with van der Waals surface area (Å²) in [6.45, 7) is 1.94. The molecule has 2 aliphatic rings. The van der Waals surface area contributed by atoms with Crippen molar-refractivity contribution in [3.05, 3.63) is 34.9 Å². The van der Waals surface area contributed by atoms with Gasteiger partial charge in [-0.25, -0.2) is 0 Å². The Morgan fingerprint density at radius 3 is 2.47 bits per heavy atom. The summed E-state index contributed by atoms with van der Waals surface area (Å²) in [5.41, 5.74) is 1.12. The number of nitrogens with one attached hydrogen (secondary N) is 1. The monoisotopic (exact) mass is 278 g/mol. The number of nitrogens with zero attached hydrogens (tertiary/aromatic N) is 1. The maximum atomic E-state index is 12.4. The van der Waals surface area contributed by atoms with Crippen molar-refractivity contribution in [3.8, 4) is 0 Å². The van der Waals surface area contributed by atoms with E-state index in [9.17, 15) is 4.79 Å². The zero-order valence-electron chi connectivity index (χ0n) is 11.1. The second-order valence-corrected chi connectivity index (χ2v) is 5.96. The van der Waals surface area contributed by atoms with Crippen LogP contribution < -0.4 is 5.32 Å². The predicted molar refractivity (Wildman–Crippen MR) is 75.9 cm³/mol. The molecule has 4 heteroatoms. The maximum Gasteiger partial charge on any atom is 0.241 e. The Bertz CT molecular complexity index is 468. The van der Waals surface area contributed by atoms with Gasteiger partial charge in [0.15, 0.2) is 0 Å². The zero-order valence-corrected chi connectivity index (χ0v) is 11.9. The summed E-state index contributed by atoms with van der Waals surface area (Å²) in [6, 6.07) is 8.09. The first-order chi connectivity index (χ1) is 9.16. The molecule has 3 rings (SSSR count). The molecule has 0 aromatic heterocycles. The minimum atomic E-state index is -0.0960. The fraction of sp³-hybridized carbons (Fsp3) is 0.533. The number of benzene rings is 1. The molecule has 2 fully saturated rings. The van der Waals surface area contributed by atoms with Gasteiger partial charge in [-0.3, -0.25) is 10.1 Å². The van der Waals surface area contributed by atoms with Gasteiger partial charge < -0.3 is 4.90 Å². The van der Waals surface area contributed by atoms with E-state index in [1.807, 2.05) is 31.2 Å². The van der Waals surface area contributed by atoms with Gasteiger partial charge in [0.25, 0.3) is 0 Å². The molecule has 1 N–H and O–H groups in total. The summed E-state index contributed by atoms with van der Waals surface area (Å²) in [7, 11) is 0. The van der Waals surface area contributed by atoms with Gasteiger partial charge in [-0.15, -0.1) is 0 Å². The molecule has 1 saturated heterocycles. The molecule has 1 aromatic carbocycles. The standard InChI is InChI=1S/C15H19ClN2O/c1-10-15(19)18(13-4-2-3-5-13)14(17-10)11-6-8-12(16)9-7-11/h6-10,13-14,17H,2-5H2,1H3. The van der Waals surface area contributed by atoms with Crippen molar-refractivity contribution in [2.45, 2.75) is 50.9 Å². The highest BCUT2D eigenvalue weighted by molar-refractivity contribution is 6.30. The Hall–Kier alpha value is -1.06.